The molecule has 1 aliphatic carbocycles. The normalized spacial score (nSPS) is 20.5. The second-order valence-electron chi connectivity index (χ2n) is 10.1. The number of carbonyl (C=O) groups excluding carboxylic acids is 1. The van der Waals surface area contributed by atoms with Crippen molar-refractivity contribution in [1.29, 1.82) is 0 Å². The van der Waals surface area contributed by atoms with Gasteiger partial charge in [0.05, 0.1) is 17.9 Å². The van der Waals surface area contributed by atoms with E-state index in [4.69, 9.17) is 21.4 Å². The van der Waals surface area contributed by atoms with Crippen LogP contribution >= 0.6 is 11.6 Å². The van der Waals surface area contributed by atoms with Crippen molar-refractivity contribution in [2.24, 2.45) is 5.92 Å². The number of aromatic nitrogens is 2. The number of fused-ring (bicyclic) bond motifs is 1. The third-order valence-electron chi connectivity index (χ3n) is 7.54. The summed E-state index contributed by atoms with van der Waals surface area (Å²) in [6.07, 6.45) is 10.0. The smallest absolute Gasteiger partial charge is 0.230 e. The van der Waals surface area contributed by atoms with Crippen molar-refractivity contribution in [2.45, 2.75) is 57.5 Å². The molecule has 1 atom stereocenters. The number of hydrogen-bond acceptors (Lipinski definition) is 4. The number of piperidine rings is 1. The zero-order chi connectivity index (χ0) is 23.9. The highest BCUT2D eigenvalue weighted by Crippen LogP contribution is 2.46. The first kappa shape index (κ1) is 22.6. The van der Waals surface area contributed by atoms with Gasteiger partial charge in [0.2, 0.25) is 5.91 Å². The van der Waals surface area contributed by atoms with Crippen LogP contribution in [0.2, 0.25) is 5.02 Å². The summed E-state index contributed by atoms with van der Waals surface area (Å²) < 4.78 is 8.67. The predicted octanol–water partition coefficient (Wildman–Crippen LogP) is 6.00. The summed E-state index contributed by atoms with van der Waals surface area (Å²) >= 11 is 6.12. The van der Waals surface area contributed by atoms with Crippen LogP contribution in [-0.2, 0) is 11.2 Å². The van der Waals surface area contributed by atoms with Gasteiger partial charge >= 0.3 is 0 Å². The van der Waals surface area contributed by atoms with E-state index in [0.29, 0.717) is 11.1 Å². The van der Waals surface area contributed by atoms with Crippen LogP contribution in [0.1, 0.15) is 50.6 Å². The molecular formula is C28H31ClN4O2. The standard InChI is InChI=1S/C28H31ClN4O2/c1-18-2-9-25-26(33(18)28(34)19-3-4-19)11-10-24(27(25)35-23-7-5-21(29)6-8-23)20-16-31-32(17-20)22-12-14-30-15-13-22/h5-8,10-11,16-19,22,30H,2-4,9,12-15H2,1H3. The Kier molecular flexibility index (Phi) is 6.02. The Balaban J connectivity index is 1.43. The maximum Gasteiger partial charge on any atom is 0.230 e. The molecule has 3 heterocycles. The third kappa shape index (κ3) is 4.45. The molecule has 2 aromatic carbocycles. The molecule has 0 bridgehead atoms. The monoisotopic (exact) mass is 490 g/mol. The zero-order valence-electron chi connectivity index (χ0n) is 20.0. The highest BCUT2D eigenvalue weighted by atomic mass is 35.5. The molecule has 2 aliphatic heterocycles. The highest BCUT2D eigenvalue weighted by molar-refractivity contribution is 6.30. The lowest BCUT2D eigenvalue weighted by atomic mass is 9.92. The number of rotatable bonds is 5. The molecule has 7 heteroatoms. The Morgan fingerprint density at radius 1 is 1.06 bits per heavy atom. The van der Waals surface area contributed by atoms with Gasteiger partial charge in [-0.15, -0.1) is 0 Å². The second kappa shape index (κ2) is 9.32. The van der Waals surface area contributed by atoms with Gasteiger partial charge in [-0.3, -0.25) is 9.48 Å². The van der Waals surface area contributed by atoms with Crippen molar-refractivity contribution in [1.82, 2.24) is 15.1 Å². The number of ether oxygens (including phenoxy) is 1. The van der Waals surface area contributed by atoms with Crippen molar-refractivity contribution >= 4 is 23.2 Å². The molecule has 3 aromatic rings. The van der Waals surface area contributed by atoms with Gasteiger partial charge in [0.15, 0.2) is 0 Å². The first-order chi connectivity index (χ1) is 17.1. The Bertz CT molecular complexity index is 1230. The second-order valence-corrected chi connectivity index (χ2v) is 10.5. The van der Waals surface area contributed by atoms with E-state index >= 15 is 0 Å². The molecule has 2 fully saturated rings. The van der Waals surface area contributed by atoms with Crippen LogP contribution in [-0.4, -0.2) is 34.8 Å². The minimum atomic E-state index is 0.173. The van der Waals surface area contributed by atoms with Crippen molar-refractivity contribution in [2.75, 3.05) is 18.0 Å². The molecule has 6 rings (SSSR count). The molecule has 1 saturated heterocycles. The van der Waals surface area contributed by atoms with Crippen molar-refractivity contribution < 1.29 is 9.53 Å². The van der Waals surface area contributed by atoms with Crippen molar-refractivity contribution in [3.05, 3.63) is 59.4 Å². The number of nitrogens with one attached hydrogen (secondary N) is 1. The summed E-state index contributed by atoms with van der Waals surface area (Å²) in [5.41, 5.74) is 4.12. The first-order valence-corrected chi connectivity index (χ1v) is 13.1. The lowest BCUT2D eigenvalue weighted by molar-refractivity contribution is -0.120. The van der Waals surface area contributed by atoms with Crippen LogP contribution in [0.4, 0.5) is 5.69 Å². The Hall–Kier alpha value is -2.83. The molecule has 1 aromatic heterocycles. The Morgan fingerprint density at radius 2 is 1.83 bits per heavy atom. The molecule has 35 heavy (non-hydrogen) atoms. The van der Waals surface area contributed by atoms with E-state index in [1.54, 1.807) is 0 Å². The highest BCUT2D eigenvalue weighted by Gasteiger charge is 2.39. The largest absolute Gasteiger partial charge is 0.456 e. The minimum absolute atomic E-state index is 0.173. The van der Waals surface area contributed by atoms with Crippen LogP contribution in [0.15, 0.2) is 48.8 Å². The summed E-state index contributed by atoms with van der Waals surface area (Å²) in [5.74, 6) is 1.97. The molecule has 182 valence electrons. The van der Waals surface area contributed by atoms with Crippen LogP contribution in [0.5, 0.6) is 11.5 Å². The van der Waals surface area contributed by atoms with Gasteiger partial charge < -0.3 is 15.0 Å². The summed E-state index contributed by atoms with van der Waals surface area (Å²) in [5, 5.41) is 8.82. The summed E-state index contributed by atoms with van der Waals surface area (Å²) in [7, 11) is 0. The topological polar surface area (TPSA) is 59.4 Å². The maximum atomic E-state index is 13.2. The van der Waals surface area contributed by atoms with E-state index in [2.05, 4.69) is 35.3 Å². The lowest BCUT2D eigenvalue weighted by Crippen LogP contribution is -2.43. The summed E-state index contributed by atoms with van der Waals surface area (Å²) in [4.78, 5) is 15.2. The fourth-order valence-corrected chi connectivity index (χ4v) is 5.51. The first-order valence-electron chi connectivity index (χ1n) is 12.8. The number of nitrogens with zero attached hydrogens (tertiary/aromatic N) is 3. The number of anilines is 1. The molecule has 1 saturated carbocycles. The summed E-state index contributed by atoms with van der Waals surface area (Å²) in [6.45, 7) is 4.19. The fraction of sp³-hybridized carbons (Fsp3) is 0.429. The molecule has 6 nitrogen and oxygen atoms in total. The number of halogens is 1. The van der Waals surface area contributed by atoms with Crippen LogP contribution in [0.25, 0.3) is 11.1 Å². The fourth-order valence-electron chi connectivity index (χ4n) is 5.38. The van der Waals surface area contributed by atoms with Crippen molar-refractivity contribution in [3.8, 4) is 22.6 Å². The van der Waals surface area contributed by atoms with Crippen LogP contribution < -0.4 is 15.0 Å². The van der Waals surface area contributed by atoms with Gasteiger partial charge in [-0.05, 0) is 94.9 Å². The molecule has 1 N–H and O–H groups in total. The third-order valence-corrected chi connectivity index (χ3v) is 7.79. The number of benzene rings is 2. The molecule has 3 aliphatic rings. The van der Waals surface area contributed by atoms with Gasteiger partial charge in [0, 0.05) is 39.9 Å². The van der Waals surface area contributed by atoms with E-state index in [1.165, 1.54) is 0 Å². The van der Waals surface area contributed by atoms with E-state index in [0.717, 1.165) is 85.5 Å². The molecule has 0 radical (unpaired) electrons. The SMILES string of the molecule is CC1CCc2c(ccc(-c3cnn(C4CCNCC4)c3)c2Oc2ccc(Cl)cc2)N1C(=O)C1CC1. The Morgan fingerprint density at radius 3 is 2.57 bits per heavy atom. The van der Waals surface area contributed by atoms with Crippen LogP contribution in [0.3, 0.4) is 0 Å². The summed E-state index contributed by atoms with van der Waals surface area (Å²) in [6, 6.07) is 12.3. The van der Waals surface area contributed by atoms with E-state index < -0.39 is 0 Å². The Labute approximate surface area is 211 Å². The number of hydrogen-bond donors (Lipinski definition) is 1. The van der Waals surface area contributed by atoms with Gasteiger partial charge in [0.25, 0.3) is 0 Å². The number of amides is 1. The quantitative estimate of drug-likeness (QED) is 0.476. The molecule has 0 spiro atoms. The van der Waals surface area contributed by atoms with E-state index in [9.17, 15) is 4.79 Å². The molecular weight excluding hydrogens is 460 g/mol. The van der Waals surface area contributed by atoms with Gasteiger partial charge in [-0.25, -0.2) is 0 Å². The lowest BCUT2D eigenvalue weighted by Gasteiger charge is -2.36. The van der Waals surface area contributed by atoms with E-state index in [-0.39, 0.29) is 17.9 Å². The zero-order valence-corrected chi connectivity index (χ0v) is 20.8. The van der Waals surface area contributed by atoms with Gasteiger partial charge in [-0.1, -0.05) is 11.6 Å². The van der Waals surface area contributed by atoms with Crippen molar-refractivity contribution in [3.63, 3.8) is 0 Å². The van der Waals surface area contributed by atoms with Gasteiger partial charge in [0.1, 0.15) is 11.5 Å². The molecule has 1 amide bonds. The average Bonchev–Trinajstić information content (AvgIpc) is 3.62. The van der Waals surface area contributed by atoms with E-state index in [1.807, 2.05) is 35.4 Å². The maximum absolute atomic E-state index is 13.2. The predicted molar refractivity (Wildman–Crippen MR) is 138 cm³/mol. The van der Waals surface area contributed by atoms with Crippen LogP contribution in [0, 0.1) is 5.92 Å². The van der Waals surface area contributed by atoms with Gasteiger partial charge in [-0.2, -0.15) is 5.10 Å². The minimum Gasteiger partial charge on any atom is -0.456 e. The molecule has 1 unspecified atom stereocenters. The average molecular weight is 491 g/mol. The number of carbonyl (C=O) groups is 1.